The molecule has 0 aliphatic carbocycles. The fourth-order valence-corrected chi connectivity index (χ4v) is 1.04. The molecule has 0 bridgehead atoms. The van der Waals surface area contributed by atoms with E-state index in [1.807, 2.05) is 0 Å². The van der Waals surface area contributed by atoms with Gasteiger partial charge in [-0.1, -0.05) is 15.9 Å². The summed E-state index contributed by atoms with van der Waals surface area (Å²) in [6.07, 6.45) is 0.616. The third-order valence-electron chi connectivity index (χ3n) is 1.24. The second kappa shape index (κ2) is 2.80. The number of hydrogen-bond donors (Lipinski definition) is 1. The van der Waals surface area contributed by atoms with Crippen LogP contribution >= 0.6 is 15.9 Å². The first kappa shape index (κ1) is 6.52. The Morgan fingerprint density at radius 3 is 2.75 bits per heavy atom. The Labute approximate surface area is 57.0 Å². The van der Waals surface area contributed by atoms with Gasteiger partial charge in [0.25, 0.3) is 0 Å². The number of rotatable bonds is 0. The Hall–Kier alpha value is 0.400. The number of aliphatic hydroxyl groups is 1. The lowest BCUT2D eigenvalue weighted by atomic mass is 10.2. The van der Waals surface area contributed by atoms with Crippen LogP contribution in [0.5, 0.6) is 0 Å². The largest absolute Gasteiger partial charge is 0.390 e. The van der Waals surface area contributed by atoms with Gasteiger partial charge in [-0.2, -0.15) is 0 Å². The minimum Gasteiger partial charge on any atom is -0.390 e. The molecule has 2 unspecified atom stereocenters. The van der Waals surface area contributed by atoms with Crippen molar-refractivity contribution < 1.29 is 9.84 Å². The number of alkyl halides is 1. The van der Waals surface area contributed by atoms with E-state index in [2.05, 4.69) is 15.9 Å². The molecule has 3 heteroatoms. The monoisotopic (exact) mass is 180 g/mol. The van der Waals surface area contributed by atoms with Crippen molar-refractivity contribution in [1.29, 1.82) is 0 Å². The van der Waals surface area contributed by atoms with Gasteiger partial charge in [0, 0.05) is 11.4 Å². The summed E-state index contributed by atoms with van der Waals surface area (Å²) in [7, 11) is 0. The molecule has 2 atom stereocenters. The normalized spacial score (nSPS) is 39.8. The van der Waals surface area contributed by atoms with Crippen LogP contribution in [0.4, 0.5) is 0 Å². The van der Waals surface area contributed by atoms with Crippen LogP contribution in [0.1, 0.15) is 6.42 Å². The molecular weight excluding hydrogens is 172 g/mol. The third kappa shape index (κ3) is 1.44. The molecular formula is C5H9BrO2. The van der Waals surface area contributed by atoms with Crippen LogP contribution in [-0.4, -0.2) is 29.3 Å². The first-order valence-corrected chi connectivity index (χ1v) is 3.62. The van der Waals surface area contributed by atoms with Gasteiger partial charge in [-0.15, -0.1) is 0 Å². The van der Waals surface area contributed by atoms with Crippen LogP contribution < -0.4 is 0 Å². The summed E-state index contributed by atoms with van der Waals surface area (Å²) >= 11 is 3.32. The van der Waals surface area contributed by atoms with Crippen molar-refractivity contribution in [3.8, 4) is 0 Å². The van der Waals surface area contributed by atoms with Crippen molar-refractivity contribution in [2.24, 2.45) is 0 Å². The summed E-state index contributed by atoms with van der Waals surface area (Å²) in [5.41, 5.74) is 0. The SMILES string of the molecule is OC1COCCC1Br. The second-order valence-electron chi connectivity index (χ2n) is 1.95. The Kier molecular flexibility index (Phi) is 2.28. The summed E-state index contributed by atoms with van der Waals surface area (Å²) in [6, 6.07) is 0. The average Bonchev–Trinajstić information content (AvgIpc) is 1.77. The van der Waals surface area contributed by atoms with Crippen LogP contribution in [0, 0.1) is 0 Å². The van der Waals surface area contributed by atoms with E-state index in [0.29, 0.717) is 6.61 Å². The van der Waals surface area contributed by atoms with Gasteiger partial charge >= 0.3 is 0 Å². The maximum absolute atomic E-state index is 9.01. The van der Waals surface area contributed by atoms with E-state index in [1.165, 1.54) is 0 Å². The molecule has 1 fully saturated rings. The average molecular weight is 181 g/mol. The van der Waals surface area contributed by atoms with Crippen LogP contribution in [-0.2, 0) is 4.74 Å². The highest BCUT2D eigenvalue weighted by Crippen LogP contribution is 2.15. The topological polar surface area (TPSA) is 29.5 Å². The number of ether oxygens (including phenoxy) is 1. The summed E-state index contributed by atoms with van der Waals surface area (Å²) in [5, 5.41) is 9.01. The van der Waals surface area contributed by atoms with E-state index < -0.39 is 0 Å². The van der Waals surface area contributed by atoms with E-state index in [1.54, 1.807) is 0 Å². The highest BCUT2D eigenvalue weighted by Gasteiger charge is 2.19. The molecule has 2 nitrogen and oxygen atoms in total. The number of halogens is 1. The zero-order valence-corrected chi connectivity index (χ0v) is 6.10. The Morgan fingerprint density at radius 2 is 2.38 bits per heavy atom. The summed E-state index contributed by atoms with van der Waals surface area (Å²) in [6.45, 7) is 1.25. The van der Waals surface area contributed by atoms with Gasteiger partial charge in [-0.25, -0.2) is 0 Å². The molecule has 1 N–H and O–H groups in total. The highest BCUT2D eigenvalue weighted by atomic mass is 79.9. The van der Waals surface area contributed by atoms with E-state index in [-0.39, 0.29) is 10.9 Å². The first-order valence-electron chi connectivity index (χ1n) is 2.70. The molecule has 8 heavy (non-hydrogen) atoms. The maximum atomic E-state index is 9.01. The third-order valence-corrected chi connectivity index (χ3v) is 2.31. The zero-order valence-electron chi connectivity index (χ0n) is 4.51. The van der Waals surface area contributed by atoms with Gasteiger partial charge < -0.3 is 9.84 Å². The van der Waals surface area contributed by atoms with Crippen LogP contribution in [0.15, 0.2) is 0 Å². The summed E-state index contributed by atoms with van der Waals surface area (Å²) in [4.78, 5) is 0.247. The van der Waals surface area contributed by atoms with Crippen molar-refractivity contribution >= 4 is 15.9 Å². The van der Waals surface area contributed by atoms with Crippen molar-refractivity contribution in [3.63, 3.8) is 0 Å². The van der Waals surface area contributed by atoms with E-state index in [9.17, 15) is 0 Å². The molecule has 0 aromatic rings. The number of aliphatic hydroxyl groups excluding tert-OH is 1. The highest BCUT2D eigenvalue weighted by molar-refractivity contribution is 9.09. The standard InChI is InChI=1S/C5H9BrO2/c6-4-1-2-8-3-5(4)7/h4-5,7H,1-3H2. The lowest BCUT2D eigenvalue weighted by molar-refractivity contribution is 0.000696. The van der Waals surface area contributed by atoms with E-state index >= 15 is 0 Å². The minimum absolute atomic E-state index is 0.247. The second-order valence-corrected chi connectivity index (χ2v) is 3.12. The molecule has 48 valence electrons. The Morgan fingerprint density at radius 1 is 1.62 bits per heavy atom. The molecule has 0 amide bonds. The fraction of sp³-hybridized carbons (Fsp3) is 1.00. The maximum Gasteiger partial charge on any atom is 0.0899 e. The molecule has 1 aliphatic heterocycles. The molecule has 0 aromatic carbocycles. The lowest BCUT2D eigenvalue weighted by Gasteiger charge is -2.22. The predicted molar refractivity (Wildman–Crippen MR) is 34.2 cm³/mol. The van der Waals surface area contributed by atoms with Gasteiger partial charge in [0.1, 0.15) is 0 Å². The molecule has 0 radical (unpaired) electrons. The Bertz CT molecular complexity index is 66.8. The molecule has 1 heterocycles. The Balaban J connectivity index is 2.28. The van der Waals surface area contributed by atoms with Crippen LogP contribution in [0.3, 0.4) is 0 Å². The van der Waals surface area contributed by atoms with Crippen molar-refractivity contribution in [3.05, 3.63) is 0 Å². The smallest absolute Gasteiger partial charge is 0.0899 e. The van der Waals surface area contributed by atoms with Gasteiger partial charge in [0.15, 0.2) is 0 Å². The van der Waals surface area contributed by atoms with Crippen molar-refractivity contribution in [2.45, 2.75) is 17.4 Å². The minimum atomic E-state index is -0.302. The molecule has 1 rings (SSSR count). The molecule has 0 saturated carbocycles. The predicted octanol–water partition coefficient (Wildman–Crippen LogP) is 0.531. The van der Waals surface area contributed by atoms with Gasteiger partial charge in [-0.05, 0) is 6.42 Å². The quantitative estimate of drug-likeness (QED) is 0.552. The van der Waals surface area contributed by atoms with Crippen LogP contribution in [0.25, 0.3) is 0 Å². The van der Waals surface area contributed by atoms with E-state index in [4.69, 9.17) is 9.84 Å². The molecule has 1 saturated heterocycles. The van der Waals surface area contributed by atoms with Gasteiger partial charge in [0.2, 0.25) is 0 Å². The molecule has 0 spiro atoms. The van der Waals surface area contributed by atoms with Gasteiger partial charge in [-0.3, -0.25) is 0 Å². The fourth-order valence-electron chi connectivity index (χ4n) is 0.697. The summed E-state index contributed by atoms with van der Waals surface area (Å²) < 4.78 is 4.97. The summed E-state index contributed by atoms with van der Waals surface area (Å²) in [5.74, 6) is 0. The lowest BCUT2D eigenvalue weighted by Crippen LogP contribution is -2.32. The van der Waals surface area contributed by atoms with Crippen molar-refractivity contribution in [2.75, 3.05) is 13.2 Å². The van der Waals surface area contributed by atoms with E-state index in [0.717, 1.165) is 13.0 Å². The van der Waals surface area contributed by atoms with Crippen molar-refractivity contribution in [1.82, 2.24) is 0 Å². The number of hydrogen-bond acceptors (Lipinski definition) is 2. The van der Waals surface area contributed by atoms with Gasteiger partial charge in [0.05, 0.1) is 12.7 Å². The first-order chi connectivity index (χ1) is 3.80. The zero-order chi connectivity index (χ0) is 5.98. The van der Waals surface area contributed by atoms with Crippen LogP contribution in [0.2, 0.25) is 0 Å². The molecule has 0 aromatic heterocycles. The molecule has 1 aliphatic rings.